The first kappa shape index (κ1) is 11.4. The Morgan fingerprint density at radius 1 is 1.56 bits per heavy atom. The first-order valence-corrected chi connectivity index (χ1v) is 6.76. The van der Waals surface area contributed by atoms with Crippen LogP contribution in [0.15, 0.2) is 28.6 Å². The van der Waals surface area contributed by atoms with E-state index in [0.29, 0.717) is 0 Å². The second-order valence-corrected chi connectivity index (χ2v) is 5.90. The summed E-state index contributed by atoms with van der Waals surface area (Å²) in [5.74, 6) is 0.228. The molecule has 0 aliphatic rings. The Labute approximate surface area is 103 Å². The SMILES string of the molecule is CCC(Sc1nc2ccccc2s1)C(=N)N. The highest BCUT2D eigenvalue weighted by Crippen LogP contribution is 2.32. The molecule has 0 amide bonds. The summed E-state index contributed by atoms with van der Waals surface area (Å²) in [5.41, 5.74) is 6.55. The second kappa shape index (κ2) is 4.84. The Bertz CT molecular complexity index is 474. The van der Waals surface area contributed by atoms with Gasteiger partial charge in [-0.3, -0.25) is 5.41 Å². The maximum Gasteiger partial charge on any atom is 0.151 e. The van der Waals surface area contributed by atoms with E-state index >= 15 is 0 Å². The third-order valence-electron chi connectivity index (χ3n) is 2.24. The van der Waals surface area contributed by atoms with Gasteiger partial charge in [0.05, 0.1) is 15.5 Å². The van der Waals surface area contributed by atoms with Gasteiger partial charge in [-0.05, 0) is 18.6 Å². The number of hydrogen-bond donors (Lipinski definition) is 2. The second-order valence-electron chi connectivity index (χ2n) is 3.42. The number of aromatic nitrogens is 1. The van der Waals surface area contributed by atoms with Crippen LogP contribution >= 0.6 is 23.1 Å². The average Bonchev–Trinajstić information content (AvgIpc) is 2.67. The van der Waals surface area contributed by atoms with Crippen LogP contribution in [0.5, 0.6) is 0 Å². The molecule has 2 rings (SSSR count). The molecule has 0 aliphatic heterocycles. The maximum atomic E-state index is 7.47. The van der Waals surface area contributed by atoms with Gasteiger partial charge in [-0.2, -0.15) is 0 Å². The summed E-state index contributed by atoms with van der Waals surface area (Å²) in [7, 11) is 0. The summed E-state index contributed by atoms with van der Waals surface area (Å²) < 4.78 is 2.17. The van der Waals surface area contributed by atoms with Gasteiger partial charge in [0, 0.05) is 0 Å². The number of nitrogens with one attached hydrogen (secondary N) is 1. The Hall–Kier alpha value is -1.07. The van der Waals surface area contributed by atoms with E-state index in [1.54, 1.807) is 23.1 Å². The van der Waals surface area contributed by atoms with Crippen LogP contribution in [0.25, 0.3) is 10.2 Å². The van der Waals surface area contributed by atoms with Crippen molar-refractivity contribution in [2.45, 2.75) is 22.9 Å². The maximum absolute atomic E-state index is 7.47. The highest BCUT2D eigenvalue weighted by molar-refractivity contribution is 8.02. The summed E-state index contributed by atoms with van der Waals surface area (Å²) in [5, 5.41) is 7.51. The first-order valence-electron chi connectivity index (χ1n) is 5.07. The highest BCUT2D eigenvalue weighted by Gasteiger charge is 2.14. The highest BCUT2D eigenvalue weighted by atomic mass is 32.2. The minimum Gasteiger partial charge on any atom is -0.387 e. The van der Waals surface area contributed by atoms with Crippen molar-refractivity contribution in [2.24, 2.45) is 5.73 Å². The van der Waals surface area contributed by atoms with Gasteiger partial charge in [-0.15, -0.1) is 11.3 Å². The van der Waals surface area contributed by atoms with Crippen LogP contribution in [0.3, 0.4) is 0 Å². The summed E-state index contributed by atoms with van der Waals surface area (Å²) in [6, 6.07) is 8.06. The lowest BCUT2D eigenvalue weighted by atomic mass is 10.3. The molecule has 0 aliphatic carbocycles. The van der Waals surface area contributed by atoms with Crippen molar-refractivity contribution in [3.63, 3.8) is 0 Å². The van der Waals surface area contributed by atoms with Gasteiger partial charge in [0.25, 0.3) is 0 Å². The third kappa shape index (κ3) is 2.36. The molecule has 1 heterocycles. The zero-order chi connectivity index (χ0) is 11.5. The number of hydrogen-bond acceptors (Lipinski definition) is 4. The Morgan fingerprint density at radius 3 is 2.94 bits per heavy atom. The predicted octanol–water partition coefficient (Wildman–Crippen LogP) is 3.10. The Balaban J connectivity index is 2.24. The topological polar surface area (TPSA) is 62.8 Å². The molecule has 1 atom stereocenters. The van der Waals surface area contributed by atoms with E-state index in [4.69, 9.17) is 11.1 Å². The largest absolute Gasteiger partial charge is 0.387 e. The smallest absolute Gasteiger partial charge is 0.151 e. The zero-order valence-corrected chi connectivity index (χ0v) is 10.6. The minimum absolute atomic E-state index is 0.0422. The number of nitrogens with two attached hydrogens (primary N) is 1. The van der Waals surface area contributed by atoms with E-state index < -0.39 is 0 Å². The van der Waals surface area contributed by atoms with Gasteiger partial charge < -0.3 is 5.73 Å². The number of rotatable bonds is 4. The van der Waals surface area contributed by atoms with Crippen molar-refractivity contribution in [1.82, 2.24) is 4.98 Å². The zero-order valence-electron chi connectivity index (χ0n) is 8.93. The number of thioether (sulfide) groups is 1. The van der Waals surface area contributed by atoms with Crippen LogP contribution in [0.2, 0.25) is 0 Å². The van der Waals surface area contributed by atoms with Crippen LogP contribution in [-0.4, -0.2) is 16.1 Å². The van der Waals surface area contributed by atoms with Crippen molar-refractivity contribution in [2.75, 3.05) is 0 Å². The molecule has 0 bridgehead atoms. The van der Waals surface area contributed by atoms with Crippen molar-refractivity contribution in [1.29, 1.82) is 5.41 Å². The Kier molecular flexibility index (Phi) is 3.46. The minimum atomic E-state index is 0.0422. The van der Waals surface area contributed by atoms with Gasteiger partial charge in [0.15, 0.2) is 4.34 Å². The monoisotopic (exact) mass is 251 g/mol. The Morgan fingerprint density at radius 2 is 2.31 bits per heavy atom. The third-order valence-corrected chi connectivity index (χ3v) is 4.77. The molecule has 0 spiro atoms. The fraction of sp³-hybridized carbons (Fsp3) is 0.273. The standard InChI is InChI=1S/C11H13N3S2/c1-2-8(10(12)13)15-11-14-7-5-3-4-6-9(7)16-11/h3-6,8H,2H2,1H3,(H3,12,13). The average molecular weight is 251 g/mol. The molecule has 3 nitrogen and oxygen atoms in total. The molecule has 0 saturated carbocycles. The molecular weight excluding hydrogens is 238 g/mol. The van der Waals surface area contributed by atoms with Crippen LogP contribution in [0, 0.1) is 5.41 Å². The van der Waals surface area contributed by atoms with Crippen molar-refractivity contribution < 1.29 is 0 Å². The molecule has 1 aromatic carbocycles. The quantitative estimate of drug-likeness (QED) is 0.498. The first-order chi connectivity index (χ1) is 7.70. The van der Waals surface area contributed by atoms with Crippen molar-refractivity contribution in [3.05, 3.63) is 24.3 Å². The molecule has 5 heteroatoms. The van der Waals surface area contributed by atoms with Gasteiger partial charge in [-0.25, -0.2) is 4.98 Å². The molecule has 84 valence electrons. The van der Waals surface area contributed by atoms with E-state index in [1.807, 2.05) is 25.1 Å². The number of nitrogens with zero attached hydrogens (tertiary/aromatic N) is 1. The number of para-hydroxylation sites is 1. The molecule has 3 N–H and O–H groups in total. The molecule has 1 aromatic heterocycles. The summed E-state index contributed by atoms with van der Waals surface area (Å²) in [6.45, 7) is 2.03. The predicted molar refractivity (Wildman–Crippen MR) is 71.5 cm³/mol. The lowest BCUT2D eigenvalue weighted by Gasteiger charge is -2.09. The van der Waals surface area contributed by atoms with E-state index in [9.17, 15) is 0 Å². The number of amidine groups is 1. The van der Waals surface area contributed by atoms with Crippen molar-refractivity contribution in [3.8, 4) is 0 Å². The van der Waals surface area contributed by atoms with Gasteiger partial charge in [0.2, 0.25) is 0 Å². The van der Waals surface area contributed by atoms with Gasteiger partial charge in [-0.1, -0.05) is 30.8 Å². The number of fused-ring (bicyclic) bond motifs is 1. The molecule has 1 unspecified atom stereocenters. The van der Waals surface area contributed by atoms with E-state index in [0.717, 1.165) is 16.3 Å². The number of benzene rings is 1. The fourth-order valence-electron chi connectivity index (χ4n) is 1.39. The number of thiazole rings is 1. The fourth-order valence-corrected chi connectivity index (χ4v) is 3.59. The van der Waals surface area contributed by atoms with E-state index in [-0.39, 0.29) is 11.1 Å². The summed E-state index contributed by atoms with van der Waals surface area (Å²) >= 11 is 3.24. The molecule has 0 fully saturated rings. The lowest BCUT2D eigenvalue weighted by Crippen LogP contribution is -2.23. The van der Waals surface area contributed by atoms with E-state index in [2.05, 4.69) is 11.1 Å². The van der Waals surface area contributed by atoms with Crippen LogP contribution < -0.4 is 5.73 Å². The van der Waals surface area contributed by atoms with Crippen molar-refractivity contribution >= 4 is 39.2 Å². The van der Waals surface area contributed by atoms with Crippen LogP contribution in [0.4, 0.5) is 0 Å². The lowest BCUT2D eigenvalue weighted by molar-refractivity contribution is 0.990. The van der Waals surface area contributed by atoms with Crippen LogP contribution in [-0.2, 0) is 0 Å². The molecule has 16 heavy (non-hydrogen) atoms. The van der Waals surface area contributed by atoms with Gasteiger partial charge >= 0.3 is 0 Å². The normalized spacial score (nSPS) is 12.8. The molecular formula is C11H13N3S2. The summed E-state index contributed by atoms with van der Waals surface area (Å²) in [6.07, 6.45) is 0.857. The molecule has 0 radical (unpaired) electrons. The van der Waals surface area contributed by atoms with E-state index in [1.165, 1.54) is 4.70 Å². The van der Waals surface area contributed by atoms with Gasteiger partial charge in [0.1, 0.15) is 5.84 Å². The molecule has 0 saturated heterocycles. The summed E-state index contributed by atoms with van der Waals surface area (Å²) in [4.78, 5) is 4.51. The molecule has 2 aromatic rings. The van der Waals surface area contributed by atoms with Crippen LogP contribution in [0.1, 0.15) is 13.3 Å².